The minimum absolute atomic E-state index is 0.424. The van der Waals surface area contributed by atoms with Crippen LogP contribution in [0.4, 0.5) is 0 Å². The first-order chi connectivity index (χ1) is 14.5. The molecule has 0 aromatic rings. The molecular formula is C28H56OS. The average molecular weight is 441 g/mol. The van der Waals surface area contributed by atoms with Gasteiger partial charge in [-0.15, -0.1) is 0 Å². The van der Waals surface area contributed by atoms with Crippen molar-refractivity contribution >= 4 is 10.8 Å². The molecule has 180 valence electrons. The van der Waals surface area contributed by atoms with Gasteiger partial charge >= 0.3 is 0 Å². The van der Waals surface area contributed by atoms with E-state index in [1.807, 2.05) is 0 Å². The molecule has 0 aromatic heterocycles. The molecule has 3 unspecified atom stereocenters. The molecule has 0 bridgehead atoms. The van der Waals surface area contributed by atoms with Crippen LogP contribution in [0.1, 0.15) is 156 Å². The molecule has 0 heterocycles. The Hall–Kier alpha value is 0.150. The molecule has 0 spiro atoms. The summed E-state index contributed by atoms with van der Waals surface area (Å²) in [5.74, 6) is 1.67. The van der Waals surface area contributed by atoms with Crippen molar-refractivity contribution in [2.75, 3.05) is 5.75 Å². The van der Waals surface area contributed by atoms with Gasteiger partial charge in [0, 0.05) is 21.8 Å². The number of rotatable bonds is 19. The normalized spacial score (nSPS) is 23.2. The van der Waals surface area contributed by atoms with E-state index in [2.05, 4.69) is 27.7 Å². The maximum absolute atomic E-state index is 12.8. The van der Waals surface area contributed by atoms with Crippen molar-refractivity contribution in [3.63, 3.8) is 0 Å². The van der Waals surface area contributed by atoms with Gasteiger partial charge in [0.2, 0.25) is 0 Å². The Morgan fingerprint density at radius 2 is 1.20 bits per heavy atom. The zero-order chi connectivity index (χ0) is 22.1. The van der Waals surface area contributed by atoms with Gasteiger partial charge in [0.25, 0.3) is 0 Å². The highest BCUT2D eigenvalue weighted by molar-refractivity contribution is 7.85. The smallest absolute Gasteiger partial charge is 0.0353 e. The molecule has 0 N–H and O–H groups in total. The van der Waals surface area contributed by atoms with Crippen LogP contribution < -0.4 is 0 Å². The predicted octanol–water partition coefficient (Wildman–Crippen LogP) is 9.60. The Bertz CT molecular complexity index is 419. The van der Waals surface area contributed by atoms with Gasteiger partial charge in [-0.25, -0.2) is 0 Å². The SMILES string of the molecule is CCCCCCCCCCCCCCCCCCS(=O)C1CCCC(C)(C(C)C)C1. The lowest BCUT2D eigenvalue weighted by atomic mass is 9.68. The number of unbranched alkanes of at least 4 members (excludes halogenated alkanes) is 15. The quantitative estimate of drug-likeness (QED) is 0.183. The first kappa shape index (κ1) is 28.2. The Labute approximate surface area is 193 Å². The van der Waals surface area contributed by atoms with Gasteiger partial charge in [0.15, 0.2) is 0 Å². The highest BCUT2D eigenvalue weighted by Gasteiger charge is 2.36. The summed E-state index contributed by atoms with van der Waals surface area (Å²) < 4.78 is 12.8. The lowest BCUT2D eigenvalue weighted by Gasteiger charge is -2.41. The van der Waals surface area contributed by atoms with E-state index in [-0.39, 0.29) is 0 Å². The molecule has 1 aliphatic carbocycles. The molecule has 1 aliphatic rings. The molecule has 0 radical (unpaired) electrons. The van der Waals surface area contributed by atoms with Crippen molar-refractivity contribution in [2.45, 2.75) is 161 Å². The van der Waals surface area contributed by atoms with Gasteiger partial charge in [-0.3, -0.25) is 4.21 Å². The van der Waals surface area contributed by atoms with Crippen molar-refractivity contribution in [2.24, 2.45) is 11.3 Å². The van der Waals surface area contributed by atoms with E-state index in [4.69, 9.17) is 0 Å². The largest absolute Gasteiger partial charge is 0.259 e. The molecule has 3 atom stereocenters. The van der Waals surface area contributed by atoms with Crippen molar-refractivity contribution in [3.05, 3.63) is 0 Å². The minimum Gasteiger partial charge on any atom is -0.259 e. The Morgan fingerprint density at radius 1 is 0.767 bits per heavy atom. The zero-order valence-corrected chi connectivity index (χ0v) is 22.1. The Balaban J connectivity index is 1.88. The van der Waals surface area contributed by atoms with Gasteiger partial charge in [-0.1, -0.05) is 130 Å². The summed E-state index contributed by atoms with van der Waals surface area (Å²) in [6.45, 7) is 9.42. The third-order valence-electron chi connectivity index (χ3n) is 7.93. The third-order valence-corrected chi connectivity index (χ3v) is 9.77. The van der Waals surface area contributed by atoms with Crippen LogP contribution in [0.5, 0.6) is 0 Å². The van der Waals surface area contributed by atoms with Gasteiger partial charge in [-0.05, 0) is 37.0 Å². The van der Waals surface area contributed by atoms with E-state index in [0.717, 1.165) is 5.75 Å². The Morgan fingerprint density at radius 3 is 1.63 bits per heavy atom. The molecule has 0 amide bonds. The van der Waals surface area contributed by atoms with E-state index in [1.54, 1.807) is 0 Å². The van der Waals surface area contributed by atoms with Gasteiger partial charge in [0.05, 0.1) is 0 Å². The van der Waals surface area contributed by atoms with Crippen LogP contribution >= 0.6 is 0 Å². The fourth-order valence-corrected chi connectivity index (χ4v) is 6.98. The van der Waals surface area contributed by atoms with E-state index < -0.39 is 10.8 Å². The molecule has 2 heteroatoms. The fraction of sp³-hybridized carbons (Fsp3) is 1.00. The van der Waals surface area contributed by atoms with E-state index in [0.29, 0.717) is 16.6 Å². The molecule has 1 fully saturated rings. The maximum Gasteiger partial charge on any atom is 0.0353 e. The summed E-state index contributed by atoms with van der Waals surface area (Å²) in [7, 11) is -0.587. The van der Waals surface area contributed by atoms with E-state index in [9.17, 15) is 4.21 Å². The summed E-state index contributed by atoms with van der Waals surface area (Å²) in [4.78, 5) is 0. The second kappa shape index (κ2) is 17.7. The highest BCUT2D eigenvalue weighted by Crippen LogP contribution is 2.43. The number of hydrogen-bond donors (Lipinski definition) is 0. The van der Waals surface area contributed by atoms with Crippen molar-refractivity contribution < 1.29 is 4.21 Å². The topological polar surface area (TPSA) is 17.1 Å². The van der Waals surface area contributed by atoms with Crippen LogP contribution in [0.15, 0.2) is 0 Å². The second-order valence-corrected chi connectivity index (χ2v) is 12.8. The van der Waals surface area contributed by atoms with Gasteiger partial charge in [0.1, 0.15) is 0 Å². The van der Waals surface area contributed by atoms with Crippen LogP contribution in [0.3, 0.4) is 0 Å². The zero-order valence-electron chi connectivity index (χ0n) is 21.3. The third kappa shape index (κ3) is 12.9. The van der Waals surface area contributed by atoms with E-state index >= 15 is 0 Å². The average Bonchev–Trinajstić information content (AvgIpc) is 2.73. The van der Waals surface area contributed by atoms with E-state index in [1.165, 1.54) is 128 Å². The molecule has 0 aromatic carbocycles. The second-order valence-electron chi connectivity index (χ2n) is 10.9. The van der Waals surface area contributed by atoms with Crippen LogP contribution in [-0.4, -0.2) is 15.2 Å². The van der Waals surface area contributed by atoms with Crippen molar-refractivity contribution in [3.8, 4) is 0 Å². The monoisotopic (exact) mass is 440 g/mol. The lowest BCUT2D eigenvalue weighted by molar-refractivity contribution is 0.146. The van der Waals surface area contributed by atoms with Crippen molar-refractivity contribution in [1.82, 2.24) is 0 Å². The van der Waals surface area contributed by atoms with Crippen LogP contribution in [0, 0.1) is 11.3 Å². The predicted molar refractivity (Wildman–Crippen MR) is 138 cm³/mol. The van der Waals surface area contributed by atoms with Crippen LogP contribution in [-0.2, 0) is 10.8 Å². The first-order valence-electron chi connectivity index (χ1n) is 13.9. The van der Waals surface area contributed by atoms with Gasteiger partial charge < -0.3 is 0 Å². The van der Waals surface area contributed by atoms with Crippen molar-refractivity contribution in [1.29, 1.82) is 0 Å². The Kier molecular flexibility index (Phi) is 16.6. The first-order valence-corrected chi connectivity index (χ1v) is 15.2. The fourth-order valence-electron chi connectivity index (χ4n) is 5.17. The molecule has 0 saturated heterocycles. The molecule has 1 nitrogen and oxygen atoms in total. The summed E-state index contributed by atoms with van der Waals surface area (Å²) in [5, 5.41) is 0.475. The molecule has 1 saturated carbocycles. The number of hydrogen-bond acceptors (Lipinski definition) is 1. The maximum atomic E-state index is 12.8. The summed E-state index contributed by atoms with van der Waals surface area (Å²) in [6, 6.07) is 0. The molecule has 30 heavy (non-hydrogen) atoms. The summed E-state index contributed by atoms with van der Waals surface area (Å²) in [5.41, 5.74) is 0.424. The standard InChI is InChI=1S/C28H56OS/c1-5-6-7-8-9-10-11-12-13-14-15-16-17-18-19-20-24-30(29)27-22-21-23-28(4,25-27)26(2)3/h26-27H,5-25H2,1-4H3. The summed E-state index contributed by atoms with van der Waals surface area (Å²) >= 11 is 0. The molecule has 0 aliphatic heterocycles. The van der Waals surface area contributed by atoms with Gasteiger partial charge in [-0.2, -0.15) is 0 Å². The minimum atomic E-state index is -0.587. The van der Waals surface area contributed by atoms with Crippen LogP contribution in [0.2, 0.25) is 0 Å². The lowest BCUT2D eigenvalue weighted by Crippen LogP contribution is -2.35. The summed E-state index contributed by atoms with van der Waals surface area (Å²) in [6.07, 6.45) is 27.5. The highest BCUT2D eigenvalue weighted by atomic mass is 32.2. The molecular weight excluding hydrogens is 384 g/mol. The van der Waals surface area contributed by atoms with Crippen LogP contribution in [0.25, 0.3) is 0 Å². The molecule has 1 rings (SSSR count).